The summed E-state index contributed by atoms with van der Waals surface area (Å²) in [6.45, 7) is 10.4. The molecule has 4 heterocycles. The first kappa shape index (κ1) is 24.0. The number of amides is 1. The first-order chi connectivity index (χ1) is 17.1. The molecule has 2 aliphatic rings. The zero-order chi connectivity index (χ0) is 25.6. The number of halogens is 1. The zero-order valence-electron chi connectivity index (χ0n) is 21.2. The van der Waals surface area contributed by atoms with Crippen LogP contribution in [-0.4, -0.2) is 54.9 Å². The Bertz CT molecular complexity index is 1350. The second-order valence-corrected chi connectivity index (χ2v) is 10.3. The van der Waals surface area contributed by atoms with Gasteiger partial charge in [0.2, 0.25) is 5.95 Å². The molecule has 2 aliphatic heterocycles. The molecule has 1 amide bonds. The van der Waals surface area contributed by atoms with E-state index in [0.29, 0.717) is 36.6 Å². The zero-order valence-corrected chi connectivity index (χ0v) is 21.2. The molecule has 0 saturated heterocycles. The summed E-state index contributed by atoms with van der Waals surface area (Å²) in [6.07, 6.45) is 6.38. The van der Waals surface area contributed by atoms with E-state index in [4.69, 9.17) is 9.47 Å². The van der Waals surface area contributed by atoms with Crippen molar-refractivity contribution >= 4 is 23.3 Å². The maximum absolute atomic E-state index is 14.6. The molecule has 0 radical (unpaired) electrons. The van der Waals surface area contributed by atoms with Gasteiger partial charge >= 0.3 is 6.09 Å². The van der Waals surface area contributed by atoms with Gasteiger partial charge in [0.15, 0.2) is 5.65 Å². The van der Waals surface area contributed by atoms with Crippen molar-refractivity contribution in [2.75, 3.05) is 11.9 Å². The van der Waals surface area contributed by atoms with Crippen LogP contribution in [-0.2, 0) is 17.7 Å². The first-order valence-electron chi connectivity index (χ1n) is 12.2. The Morgan fingerprint density at radius 1 is 1.31 bits per heavy atom. The van der Waals surface area contributed by atoms with E-state index in [1.165, 1.54) is 6.07 Å². The molecule has 2 aromatic heterocycles. The van der Waals surface area contributed by atoms with Crippen molar-refractivity contribution in [3.05, 3.63) is 53.2 Å². The van der Waals surface area contributed by atoms with Crippen molar-refractivity contribution in [1.82, 2.24) is 24.5 Å². The quantitative estimate of drug-likeness (QED) is 0.566. The SMILES string of the molecule is CC1C=C(c2cnc(NCc3c(F)ccc4c3CCO4)n3cnnc23)CC(C)N1C(=O)OC(C)(C)C. The van der Waals surface area contributed by atoms with E-state index in [9.17, 15) is 9.18 Å². The molecule has 1 N–H and O–H groups in total. The number of fused-ring (bicyclic) bond motifs is 2. The minimum absolute atomic E-state index is 0.0685. The maximum atomic E-state index is 14.6. The second kappa shape index (κ2) is 9.07. The van der Waals surface area contributed by atoms with Gasteiger partial charge in [-0.15, -0.1) is 10.2 Å². The van der Waals surface area contributed by atoms with Crippen molar-refractivity contribution < 1.29 is 18.7 Å². The number of carbonyl (C=O) groups excluding carboxylic acids is 1. The van der Waals surface area contributed by atoms with Crippen LogP contribution in [0.25, 0.3) is 11.2 Å². The average molecular weight is 495 g/mol. The summed E-state index contributed by atoms with van der Waals surface area (Å²) in [4.78, 5) is 19.1. The molecule has 0 fully saturated rings. The van der Waals surface area contributed by atoms with E-state index in [0.717, 1.165) is 22.4 Å². The van der Waals surface area contributed by atoms with Crippen LogP contribution in [0.4, 0.5) is 15.1 Å². The molecule has 9 nitrogen and oxygen atoms in total. The van der Waals surface area contributed by atoms with Crippen LogP contribution >= 0.6 is 0 Å². The third-order valence-corrected chi connectivity index (χ3v) is 6.52. The Hall–Kier alpha value is -3.69. The number of ether oxygens (including phenoxy) is 2. The van der Waals surface area contributed by atoms with Crippen molar-refractivity contribution in [2.45, 2.75) is 71.7 Å². The lowest BCUT2D eigenvalue weighted by atomic mass is 9.93. The molecule has 0 bridgehead atoms. The molecule has 2 atom stereocenters. The fourth-order valence-electron chi connectivity index (χ4n) is 4.97. The molecule has 2 unspecified atom stereocenters. The van der Waals surface area contributed by atoms with Crippen LogP contribution in [0.5, 0.6) is 5.75 Å². The smallest absolute Gasteiger partial charge is 0.411 e. The van der Waals surface area contributed by atoms with Gasteiger partial charge in [-0.2, -0.15) is 0 Å². The molecule has 0 aliphatic carbocycles. The number of nitrogens with one attached hydrogen (secondary N) is 1. The third kappa shape index (κ3) is 4.47. The standard InChI is InChI=1S/C26H31FN6O3/c1-15-10-17(11-16(2)33(15)25(34)36-26(3,4)5)19-12-28-24(32-14-30-31-23(19)32)29-13-20-18-8-9-35-22(18)7-6-21(20)27/h6-7,10,12,14-16H,8-9,11,13H2,1-5H3,(H,28,29). The molecule has 36 heavy (non-hydrogen) atoms. The highest BCUT2D eigenvalue weighted by Crippen LogP contribution is 2.33. The van der Waals surface area contributed by atoms with Crippen LogP contribution in [0.3, 0.4) is 0 Å². The van der Waals surface area contributed by atoms with Gasteiger partial charge in [-0.3, -0.25) is 9.30 Å². The largest absolute Gasteiger partial charge is 0.493 e. The van der Waals surface area contributed by atoms with Gasteiger partial charge in [0.1, 0.15) is 23.5 Å². The number of rotatable bonds is 4. The van der Waals surface area contributed by atoms with Crippen LogP contribution in [0.1, 0.15) is 57.7 Å². The van der Waals surface area contributed by atoms with Gasteiger partial charge in [0.25, 0.3) is 0 Å². The second-order valence-electron chi connectivity index (χ2n) is 10.3. The first-order valence-corrected chi connectivity index (χ1v) is 12.2. The lowest BCUT2D eigenvalue weighted by Crippen LogP contribution is -2.48. The molecule has 1 aromatic carbocycles. The number of hydrogen-bond acceptors (Lipinski definition) is 7. The van der Waals surface area contributed by atoms with E-state index in [1.807, 2.05) is 40.7 Å². The number of nitrogens with zero attached hydrogens (tertiary/aromatic N) is 5. The van der Waals surface area contributed by atoms with Gasteiger partial charge in [0, 0.05) is 41.9 Å². The highest BCUT2D eigenvalue weighted by atomic mass is 19.1. The monoisotopic (exact) mass is 494 g/mol. The minimum atomic E-state index is -0.559. The van der Waals surface area contributed by atoms with Crippen molar-refractivity contribution in [3.8, 4) is 5.75 Å². The lowest BCUT2D eigenvalue weighted by molar-refractivity contribution is 0.0123. The fourth-order valence-corrected chi connectivity index (χ4v) is 4.97. The number of benzene rings is 1. The summed E-state index contributed by atoms with van der Waals surface area (Å²) in [5.41, 5.74) is 3.44. The van der Waals surface area contributed by atoms with Crippen molar-refractivity contribution in [3.63, 3.8) is 0 Å². The van der Waals surface area contributed by atoms with E-state index >= 15 is 0 Å². The van der Waals surface area contributed by atoms with Crippen LogP contribution in [0.15, 0.2) is 30.7 Å². The molecule has 3 aromatic rings. The molecular weight excluding hydrogens is 463 g/mol. The predicted molar refractivity (Wildman–Crippen MR) is 133 cm³/mol. The highest BCUT2D eigenvalue weighted by Gasteiger charge is 2.33. The summed E-state index contributed by atoms with van der Waals surface area (Å²) in [7, 11) is 0. The Kier molecular flexibility index (Phi) is 6.05. The summed E-state index contributed by atoms with van der Waals surface area (Å²) in [6, 6.07) is 2.88. The van der Waals surface area contributed by atoms with Gasteiger partial charge < -0.3 is 14.8 Å². The molecular formula is C26H31FN6O3. The van der Waals surface area contributed by atoms with Gasteiger partial charge in [-0.1, -0.05) is 6.08 Å². The number of carbonyl (C=O) groups is 1. The highest BCUT2D eigenvalue weighted by molar-refractivity contribution is 5.79. The Labute approximate surface area is 209 Å². The Morgan fingerprint density at radius 2 is 2.11 bits per heavy atom. The summed E-state index contributed by atoms with van der Waals surface area (Å²) < 4.78 is 27.5. The Balaban J connectivity index is 1.40. The van der Waals surface area contributed by atoms with E-state index in [2.05, 4.69) is 20.5 Å². The number of hydrogen-bond donors (Lipinski definition) is 1. The predicted octanol–water partition coefficient (Wildman–Crippen LogP) is 4.61. The topological polar surface area (TPSA) is 93.9 Å². The summed E-state index contributed by atoms with van der Waals surface area (Å²) in [5, 5.41) is 11.7. The van der Waals surface area contributed by atoms with E-state index < -0.39 is 5.60 Å². The minimum Gasteiger partial charge on any atom is -0.493 e. The van der Waals surface area contributed by atoms with Crippen molar-refractivity contribution in [2.24, 2.45) is 0 Å². The van der Waals surface area contributed by atoms with Gasteiger partial charge in [-0.25, -0.2) is 14.2 Å². The molecule has 190 valence electrons. The molecule has 0 saturated carbocycles. The van der Waals surface area contributed by atoms with Gasteiger partial charge in [-0.05, 0) is 58.7 Å². The van der Waals surface area contributed by atoms with Crippen LogP contribution in [0, 0.1) is 5.82 Å². The van der Waals surface area contributed by atoms with Gasteiger partial charge in [0.05, 0.1) is 12.6 Å². The molecule has 10 heteroatoms. The van der Waals surface area contributed by atoms with Crippen LogP contribution in [0.2, 0.25) is 0 Å². The number of aromatic nitrogens is 4. The normalized spacial score (nSPS) is 19.6. The number of anilines is 1. The molecule has 0 spiro atoms. The van der Waals surface area contributed by atoms with E-state index in [1.54, 1.807) is 27.9 Å². The molecule has 5 rings (SSSR count). The lowest BCUT2D eigenvalue weighted by Gasteiger charge is -2.38. The fraction of sp³-hybridized carbons (Fsp3) is 0.462. The van der Waals surface area contributed by atoms with E-state index in [-0.39, 0.29) is 30.5 Å². The Morgan fingerprint density at radius 3 is 2.86 bits per heavy atom. The third-order valence-electron chi connectivity index (χ3n) is 6.52. The van der Waals surface area contributed by atoms with Crippen LogP contribution < -0.4 is 10.1 Å². The maximum Gasteiger partial charge on any atom is 0.411 e. The average Bonchev–Trinajstić information content (AvgIpc) is 3.46. The summed E-state index contributed by atoms with van der Waals surface area (Å²) >= 11 is 0. The van der Waals surface area contributed by atoms with Crippen molar-refractivity contribution in [1.29, 1.82) is 0 Å². The summed E-state index contributed by atoms with van der Waals surface area (Å²) in [5.74, 6) is 0.981.